The summed E-state index contributed by atoms with van der Waals surface area (Å²) >= 11 is 0. The van der Waals surface area contributed by atoms with E-state index in [1.54, 1.807) is 0 Å². The summed E-state index contributed by atoms with van der Waals surface area (Å²) in [5.74, 6) is 0.303. The van der Waals surface area contributed by atoms with Crippen molar-refractivity contribution in [1.82, 2.24) is 4.98 Å². The summed E-state index contributed by atoms with van der Waals surface area (Å²) in [5.41, 5.74) is 13.8. The molecule has 0 spiro atoms. The van der Waals surface area contributed by atoms with Crippen LogP contribution in [0.1, 0.15) is 47.3 Å². The molecule has 0 aromatic carbocycles. The Hall–Kier alpha value is -1.62. The largest absolute Gasteiger partial charge is 0.365 e. The zero-order valence-electron chi connectivity index (χ0n) is 12.4. The normalized spacial score (nSPS) is 19.8. The number of anilines is 1. The van der Waals surface area contributed by atoms with Gasteiger partial charge < -0.3 is 16.4 Å². The Bertz CT molecular complexity index is 501. The van der Waals surface area contributed by atoms with Gasteiger partial charge in [-0.15, -0.1) is 0 Å². The number of hydrogen-bond donors (Lipinski definition) is 2. The van der Waals surface area contributed by atoms with E-state index in [2.05, 4.69) is 9.88 Å². The molecule has 2 rings (SSSR count). The minimum absolute atomic E-state index is 0.240. The Balaban J connectivity index is 2.50. The van der Waals surface area contributed by atoms with Gasteiger partial charge in [0.2, 0.25) is 0 Å². The molecule has 0 aliphatic carbocycles. The maximum Gasteiger partial charge on any atom is 0.252 e. The Morgan fingerprint density at radius 1 is 1.40 bits per heavy atom. The molecule has 4 N–H and O–H groups in total. The summed E-state index contributed by atoms with van der Waals surface area (Å²) in [6.07, 6.45) is 4.52. The highest BCUT2D eigenvalue weighted by Crippen LogP contribution is 2.27. The molecular formula is C15H24N4O. The average Bonchev–Trinajstić information content (AvgIpc) is 2.61. The molecule has 1 amide bonds. The molecule has 1 aromatic heterocycles. The van der Waals surface area contributed by atoms with E-state index >= 15 is 0 Å². The van der Waals surface area contributed by atoms with Crippen molar-refractivity contribution < 1.29 is 4.79 Å². The maximum absolute atomic E-state index is 11.8. The molecule has 0 saturated carbocycles. The van der Waals surface area contributed by atoms with Crippen LogP contribution in [0.15, 0.2) is 6.07 Å². The Labute approximate surface area is 120 Å². The lowest BCUT2D eigenvalue weighted by atomic mass is 10.1. The molecular weight excluding hydrogens is 252 g/mol. The number of rotatable bonds is 3. The van der Waals surface area contributed by atoms with Crippen molar-refractivity contribution in [2.45, 2.75) is 45.6 Å². The average molecular weight is 276 g/mol. The molecule has 0 radical (unpaired) electrons. The van der Waals surface area contributed by atoms with Crippen LogP contribution in [0.2, 0.25) is 0 Å². The van der Waals surface area contributed by atoms with Gasteiger partial charge in [0.15, 0.2) is 0 Å². The first-order valence-corrected chi connectivity index (χ1v) is 7.29. The molecule has 2 heterocycles. The van der Waals surface area contributed by atoms with Crippen LogP contribution in [0.5, 0.6) is 0 Å². The minimum atomic E-state index is -0.412. The standard InChI is InChI=1S/C15H24N4O/c1-10-8-11(2)18-15(13(10)14(17)20)19-7-5-3-4-6-12(19)9-16/h8,12H,3-7,9,16H2,1-2H3,(H2,17,20). The first-order chi connectivity index (χ1) is 9.54. The highest BCUT2D eigenvalue weighted by molar-refractivity contribution is 5.99. The second-order valence-electron chi connectivity index (χ2n) is 5.58. The third kappa shape index (κ3) is 2.93. The van der Waals surface area contributed by atoms with Crippen molar-refractivity contribution in [2.75, 3.05) is 18.0 Å². The smallest absolute Gasteiger partial charge is 0.252 e. The van der Waals surface area contributed by atoms with Gasteiger partial charge in [-0.25, -0.2) is 4.98 Å². The van der Waals surface area contributed by atoms with Gasteiger partial charge in [-0.05, 0) is 38.3 Å². The number of carbonyl (C=O) groups excluding carboxylic acids is 1. The van der Waals surface area contributed by atoms with Crippen LogP contribution in [0.4, 0.5) is 5.82 Å². The zero-order chi connectivity index (χ0) is 14.7. The number of aryl methyl sites for hydroxylation is 2. The van der Waals surface area contributed by atoms with E-state index in [9.17, 15) is 4.79 Å². The number of nitrogens with zero attached hydrogens (tertiary/aromatic N) is 2. The van der Waals surface area contributed by atoms with Gasteiger partial charge in [-0.1, -0.05) is 12.8 Å². The van der Waals surface area contributed by atoms with Crippen molar-refractivity contribution in [3.63, 3.8) is 0 Å². The second kappa shape index (κ2) is 6.22. The highest BCUT2D eigenvalue weighted by Gasteiger charge is 2.26. The lowest BCUT2D eigenvalue weighted by Gasteiger charge is -2.32. The number of aromatic nitrogens is 1. The molecule has 1 aliphatic rings. The molecule has 5 heteroatoms. The number of nitrogens with two attached hydrogens (primary N) is 2. The second-order valence-corrected chi connectivity index (χ2v) is 5.58. The van der Waals surface area contributed by atoms with Gasteiger partial charge in [0.1, 0.15) is 5.82 Å². The zero-order valence-corrected chi connectivity index (χ0v) is 12.4. The van der Waals surface area contributed by atoms with E-state index < -0.39 is 5.91 Å². The fourth-order valence-electron chi connectivity index (χ4n) is 3.03. The van der Waals surface area contributed by atoms with Crippen LogP contribution in [0.25, 0.3) is 0 Å². The lowest BCUT2D eigenvalue weighted by Crippen LogP contribution is -2.42. The fourth-order valence-corrected chi connectivity index (χ4v) is 3.03. The Morgan fingerprint density at radius 3 is 2.80 bits per heavy atom. The lowest BCUT2D eigenvalue weighted by molar-refractivity contribution is 0.1000. The van der Waals surface area contributed by atoms with Gasteiger partial charge in [-0.3, -0.25) is 4.79 Å². The quantitative estimate of drug-likeness (QED) is 0.876. The molecule has 1 aromatic rings. The molecule has 1 unspecified atom stereocenters. The molecule has 110 valence electrons. The highest BCUT2D eigenvalue weighted by atomic mass is 16.1. The summed E-state index contributed by atoms with van der Waals surface area (Å²) in [6.45, 7) is 5.31. The number of pyridine rings is 1. The Morgan fingerprint density at radius 2 is 2.15 bits per heavy atom. The predicted octanol–water partition coefficient (Wildman–Crippen LogP) is 1.51. The van der Waals surface area contributed by atoms with Crippen LogP contribution in [-0.2, 0) is 0 Å². The molecule has 20 heavy (non-hydrogen) atoms. The number of amides is 1. The SMILES string of the molecule is Cc1cc(C)c(C(N)=O)c(N2CCCCCC2CN)n1. The van der Waals surface area contributed by atoms with Gasteiger partial charge in [0.25, 0.3) is 5.91 Å². The Kier molecular flexibility index (Phi) is 4.60. The topological polar surface area (TPSA) is 85.2 Å². The van der Waals surface area contributed by atoms with E-state index in [-0.39, 0.29) is 6.04 Å². The van der Waals surface area contributed by atoms with E-state index in [1.165, 1.54) is 12.8 Å². The van der Waals surface area contributed by atoms with Crippen LogP contribution in [0.3, 0.4) is 0 Å². The molecule has 1 aliphatic heterocycles. The van der Waals surface area contributed by atoms with Crippen LogP contribution in [-0.4, -0.2) is 30.0 Å². The molecule has 0 bridgehead atoms. The molecule has 1 saturated heterocycles. The molecule has 5 nitrogen and oxygen atoms in total. The summed E-state index contributed by atoms with van der Waals surface area (Å²) in [4.78, 5) is 18.6. The fraction of sp³-hybridized carbons (Fsp3) is 0.600. The first-order valence-electron chi connectivity index (χ1n) is 7.29. The number of hydrogen-bond acceptors (Lipinski definition) is 4. The minimum Gasteiger partial charge on any atom is -0.365 e. The van der Waals surface area contributed by atoms with Gasteiger partial charge >= 0.3 is 0 Å². The van der Waals surface area contributed by atoms with Crippen LogP contribution in [0, 0.1) is 13.8 Å². The van der Waals surface area contributed by atoms with E-state index in [0.717, 1.165) is 30.6 Å². The monoisotopic (exact) mass is 276 g/mol. The predicted molar refractivity (Wildman–Crippen MR) is 80.9 cm³/mol. The van der Waals surface area contributed by atoms with Gasteiger partial charge in [0, 0.05) is 24.8 Å². The molecule has 1 fully saturated rings. The number of primary amides is 1. The van der Waals surface area contributed by atoms with Crippen molar-refractivity contribution in [2.24, 2.45) is 11.5 Å². The maximum atomic E-state index is 11.8. The third-order valence-electron chi connectivity index (χ3n) is 3.99. The van der Waals surface area contributed by atoms with Crippen molar-refractivity contribution >= 4 is 11.7 Å². The third-order valence-corrected chi connectivity index (χ3v) is 3.99. The summed E-state index contributed by atoms with van der Waals surface area (Å²) in [5, 5.41) is 0. The van der Waals surface area contributed by atoms with E-state index in [4.69, 9.17) is 11.5 Å². The summed E-state index contributed by atoms with van der Waals surface area (Å²) < 4.78 is 0. The van der Waals surface area contributed by atoms with Crippen molar-refractivity contribution in [3.05, 3.63) is 22.9 Å². The summed E-state index contributed by atoms with van der Waals surface area (Å²) in [6, 6.07) is 2.14. The van der Waals surface area contributed by atoms with Crippen molar-refractivity contribution in [3.8, 4) is 0 Å². The summed E-state index contributed by atoms with van der Waals surface area (Å²) in [7, 11) is 0. The van der Waals surface area contributed by atoms with Crippen LogP contribution >= 0.6 is 0 Å². The van der Waals surface area contributed by atoms with Gasteiger partial charge in [-0.2, -0.15) is 0 Å². The molecule has 1 atom stereocenters. The van der Waals surface area contributed by atoms with E-state index in [0.29, 0.717) is 17.9 Å². The first kappa shape index (κ1) is 14.8. The van der Waals surface area contributed by atoms with Crippen molar-refractivity contribution in [1.29, 1.82) is 0 Å². The van der Waals surface area contributed by atoms with E-state index in [1.807, 2.05) is 19.9 Å². The van der Waals surface area contributed by atoms with Crippen LogP contribution < -0.4 is 16.4 Å². The van der Waals surface area contributed by atoms with Gasteiger partial charge in [0.05, 0.1) is 5.56 Å². The number of carbonyl (C=O) groups is 1.